The van der Waals surface area contributed by atoms with E-state index in [1.807, 2.05) is 0 Å². The minimum absolute atomic E-state index is 0.0112. The highest BCUT2D eigenvalue weighted by Gasteiger charge is 2.69. The number of nitrogens with zero attached hydrogens (tertiary/aromatic N) is 1. The van der Waals surface area contributed by atoms with Crippen LogP contribution in [0, 0.1) is 0 Å². The highest BCUT2D eigenvalue weighted by Crippen LogP contribution is 2.60. The average Bonchev–Trinajstić information content (AvgIpc) is 3.01. The molecule has 0 spiro atoms. The normalized spacial score (nSPS) is 49.1. The van der Waals surface area contributed by atoms with Gasteiger partial charge in [-0.3, -0.25) is 20.9 Å². The van der Waals surface area contributed by atoms with E-state index < -0.39 is 11.5 Å². The van der Waals surface area contributed by atoms with Crippen molar-refractivity contribution in [2.24, 2.45) is 0 Å². The molecular formula is C20H33ClFN5O2. The van der Waals surface area contributed by atoms with Crippen molar-refractivity contribution in [1.29, 1.82) is 0 Å². The second kappa shape index (κ2) is 7.57. The molecule has 6 aliphatic rings. The Morgan fingerprint density at radius 1 is 1.28 bits per heavy atom. The molecule has 6 fully saturated rings. The smallest absolute Gasteiger partial charge is 0.246 e. The van der Waals surface area contributed by atoms with Gasteiger partial charge in [-0.15, -0.1) is 11.6 Å². The van der Waals surface area contributed by atoms with Crippen LogP contribution in [0.25, 0.3) is 0 Å². The number of amides is 1. The van der Waals surface area contributed by atoms with Gasteiger partial charge in [0.2, 0.25) is 5.91 Å². The number of ether oxygens (including phenoxy) is 1. The van der Waals surface area contributed by atoms with E-state index in [0.29, 0.717) is 31.1 Å². The summed E-state index contributed by atoms with van der Waals surface area (Å²) in [5, 5.41) is 12.6. The Kier molecular flexibility index (Phi) is 5.32. The first-order valence-electron chi connectivity index (χ1n) is 11.1. The van der Waals surface area contributed by atoms with Crippen molar-refractivity contribution in [2.45, 2.75) is 98.8 Å². The van der Waals surface area contributed by atoms with Gasteiger partial charge in [-0.1, -0.05) is 0 Å². The molecule has 4 N–H and O–H groups in total. The predicted octanol–water partition coefficient (Wildman–Crippen LogP) is 0.779. The number of hydrogen-bond donors (Lipinski definition) is 4. The van der Waals surface area contributed by atoms with Crippen LogP contribution < -0.4 is 21.4 Å². The van der Waals surface area contributed by atoms with Crippen molar-refractivity contribution in [3.63, 3.8) is 0 Å². The predicted molar refractivity (Wildman–Crippen MR) is 108 cm³/mol. The molecule has 6 unspecified atom stereocenters. The SMILES string of the molecule is CC1CC2C(NC34CC(NC(=O)COC5CCC(Cl)C(F)C5)(C3)C4)NCCN2N1. The summed E-state index contributed by atoms with van der Waals surface area (Å²) in [4.78, 5) is 12.3. The minimum Gasteiger partial charge on any atom is -0.368 e. The summed E-state index contributed by atoms with van der Waals surface area (Å²) >= 11 is 5.91. The molecule has 0 aromatic carbocycles. The summed E-state index contributed by atoms with van der Waals surface area (Å²) in [6, 6.07) is 1.00. The van der Waals surface area contributed by atoms with Crippen molar-refractivity contribution in [1.82, 2.24) is 26.4 Å². The van der Waals surface area contributed by atoms with Crippen LogP contribution in [0.3, 0.4) is 0 Å². The molecule has 0 aromatic rings. The number of alkyl halides is 2. The largest absolute Gasteiger partial charge is 0.368 e. The van der Waals surface area contributed by atoms with Crippen molar-refractivity contribution in [3.05, 3.63) is 0 Å². The van der Waals surface area contributed by atoms with E-state index in [1.165, 1.54) is 0 Å². The summed E-state index contributed by atoms with van der Waals surface area (Å²) in [6.45, 7) is 4.26. The summed E-state index contributed by atoms with van der Waals surface area (Å²) in [7, 11) is 0. The number of piperazine rings is 1. The number of hydrogen-bond acceptors (Lipinski definition) is 6. The maximum absolute atomic E-state index is 13.7. The van der Waals surface area contributed by atoms with E-state index in [9.17, 15) is 9.18 Å². The molecule has 1 amide bonds. The molecule has 4 saturated carbocycles. The lowest BCUT2D eigenvalue weighted by Gasteiger charge is -2.71. The van der Waals surface area contributed by atoms with Crippen molar-refractivity contribution < 1.29 is 13.9 Å². The van der Waals surface area contributed by atoms with Gasteiger partial charge in [0, 0.05) is 36.6 Å². The van der Waals surface area contributed by atoms with Gasteiger partial charge in [-0.25, -0.2) is 9.40 Å². The van der Waals surface area contributed by atoms with Crippen molar-refractivity contribution >= 4 is 17.5 Å². The van der Waals surface area contributed by atoms with E-state index in [1.54, 1.807) is 0 Å². The van der Waals surface area contributed by atoms with Crippen LogP contribution in [0.5, 0.6) is 0 Å². The first-order chi connectivity index (χ1) is 13.9. The third-order valence-electron chi connectivity index (χ3n) is 7.47. The van der Waals surface area contributed by atoms with Gasteiger partial charge in [-0.05, 0) is 45.4 Å². The Morgan fingerprint density at radius 2 is 2.07 bits per heavy atom. The number of fused-ring (bicyclic) bond motifs is 1. The maximum atomic E-state index is 13.7. The van der Waals surface area contributed by atoms with E-state index >= 15 is 0 Å². The first-order valence-corrected chi connectivity index (χ1v) is 11.5. The van der Waals surface area contributed by atoms with Gasteiger partial charge >= 0.3 is 0 Å². The Hall–Kier alpha value is -0.510. The zero-order chi connectivity index (χ0) is 20.2. The van der Waals surface area contributed by atoms with Crippen LogP contribution in [0.2, 0.25) is 0 Å². The molecule has 9 heteroatoms. The molecule has 29 heavy (non-hydrogen) atoms. The third-order valence-corrected chi connectivity index (χ3v) is 7.97. The fraction of sp³-hybridized carbons (Fsp3) is 0.950. The summed E-state index contributed by atoms with van der Waals surface area (Å²) in [6.07, 6.45) is 4.75. The van der Waals surface area contributed by atoms with Crippen LogP contribution in [-0.2, 0) is 9.53 Å². The van der Waals surface area contributed by atoms with Crippen LogP contribution >= 0.6 is 11.6 Å². The molecule has 6 atom stereocenters. The molecule has 164 valence electrons. The molecule has 2 heterocycles. The lowest BCUT2D eigenvalue weighted by Crippen LogP contribution is -2.86. The molecule has 0 aromatic heterocycles. The van der Waals surface area contributed by atoms with Gasteiger partial charge in [0.05, 0.1) is 23.7 Å². The standard InChI is InChI=1S/C20H33ClFN5O2/c1-12-6-16-18(23-4-5-27(16)26-12)25-20-9-19(10-20,11-20)24-17(28)8-29-13-2-3-14(21)15(22)7-13/h12-16,18,23,25-26H,2-11H2,1H3,(H,24,28). The molecule has 2 aliphatic heterocycles. The van der Waals surface area contributed by atoms with E-state index in [-0.39, 0.29) is 29.7 Å². The van der Waals surface area contributed by atoms with Gasteiger partial charge in [0.25, 0.3) is 0 Å². The summed E-state index contributed by atoms with van der Waals surface area (Å²) in [5.41, 5.74) is 3.64. The van der Waals surface area contributed by atoms with Gasteiger partial charge in [-0.2, -0.15) is 0 Å². The van der Waals surface area contributed by atoms with Gasteiger partial charge in [0.15, 0.2) is 0 Å². The van der Waals surface area contributed by atoms with E-state index in [4.69, 9.17) is 16.3 Å². The number of carbonyl (C=O) groups is 1. The zero-order valence-corrected chi connectivity index (χ0v) is 17.8. The van der Waals surface area contributed by atoms with Crippen LogP contribution in [-0.4, -0.2) is 77.6 Å². The fourth-order valence-electron chi connectivity index (χ4n) is 6.21. The number of carbonyl (C=O) groups excluding carboxylic acids is 1. The van der Waals surface area contributed by atoms with Crippen molar-refractivity contribution in [2.75, 3.05) is 19.7 Å². The van der Waals surface area contributed by atoms with Crippen molar-refractivity contribution in [3.8, 4) is 0 Å². The van der Waals surface area contributed by atoms with Gasteiger partial charge < -0.3 is 10.1 Å². The molecule has 4 aliphatic carbocycles. The zero-order valence-electron chi connectivity index (χ0n) is 17.1. The molecule has 2 saturated heterocycles. The second-order valence-electron chi connectivity index (χ2n) is 10.0. The van der Waals surface area contributed by atoms with Crippen LogP contribution in [0.4, 0.5) is 4.39 Å². The maximum Gasteiger partial charge on any atom is 0.246 e. The lowest BCUT2D eigenvalue weighted by atomic mass is 9.44. The van der Waals surface area contributed by atoms with Gasteiger partial charge in [0.1, 0.15) is 12.8 Å². The average molecular weight is 430 g/mol. The highest BCUT2D eigenvalue weighted by atomic mass is 35.5. The van der Waals surface area contributed by atoms with Crippen LogP contribution in [0.1, 0.15) is 51.9 Å². The van der Waals surface area contributed by atoms with E-state index in [2.05, 4.69) is 33.3 Å². The number of nitrogens with one attached hydrogen (secondary N) is 4. The quantitative estimate of drug-likeness (QED) is 0.467. The Bertz CT molecular complexity index is 635. The third kappa shape index (κ3) is 3.92. The Labute approximate surface area is 176 Å². The van der Waals surface area contributed by atoms with E-state index in [0.717, 1.165) is 45.2 Å². The number of hydrazine groups is 1. The molecule has 0 radical (unpaired) electrons. The summed E-state index contributed by atoms with van der Waals surface area (Å²) in [5.74, 6) is -0.0857. The second-order valence-corrected chi connectivity index (χ2v) is 10.6. The number of halogens is 2. The topological polar surface area (TPSA) is 77.7 Å². The summed E-state index contributed by atoms with van der Waals surface area (Å²) < 4.78 is 19.3. The monoisotopic (exact) mass is 429 g/mol. The molecule has 2 bridgehead atoms. The molecule has 6 rings (SSSR count). The highest BCUT2D eigenvalue weighted by molar-refractivity contribution is 6.21. The fourth-order valence-corrected chi connectivity index (χ4v) is 6.44. The Balaban J connectivity index is 1.05. The molecular weight excluding hydrogens is 397 g/mol. The minimum atomic E-state index is -1.04. The molecule has 7 nitrogen and oxygen atoms in total. The first kappa shape index (κ1) is 20.4. The Morgan fingerprint density at radius 3 is 2.83 bits per heavy atom. The lowest BCUT2D eigenvalue weighted by molar-refractivity contribution is -0.151. The van der Waals surface area contributed by atoms with Crippen LogP contribution in [0.15, 0.2) is 0 Å². The number of rotatable bonds is 6.